The van der Waals surface area contributed by atoms with Crippen molar-refractivity contribution < 1.29 is 9.53 Å². The van der Waals surface area contributed by atoms with Gasteiger partial charge in [-0.3, -0.25) is 4.79 Å². The zero-order valence-electron chi connectivity index (χ0n) is 21.5. The fourth-order valence-corrected chi connectivity index (χ4v) is 4.75. The van der Waals surface area contributed by atoms with E-state index >= 15 is 0 Å². The van der Waals surface area contributed by atoms with Crippen molar-refractivity contribution in [3.63, 3.8) is 0 Å². The summed E-state index contributed by atoms with van der Waals surface area (Å²) in [6, 6.07) is 8.92. The van der Waals surface area contributed by atoms with Crippen molar-refractivity contribution in [2.75, 3.05) is 11.9 Å². The normalized spacial score (nSPS) is 15.8. The third-order valence-corrected chi connectivity index (χ3v) is 6.69. The fourth-order valence-electron chi connectivity index (χ4n) is 4.75. The maximum atomic E-state index is 12.9. The first kappa shape index (κ1) is 24.4. The predicted octanol–water partition coefficient (Wildman–Crippen LogP) is 7.52. The van der Waals surface area contributed by atoms with Gasteiger partial charge in [0, 0.05) is 35.6 Å². The van der Waals surface area contributed by atoms with E-state index in [1.54, 1.807) is 0 Å². The Bertz CT molecular complexity index is 978. The van der Waals surface area contributed by atoms with Crippen LogP contribution in [0.5, 0.6) is 5.75 Å². The second-order valence-corrected chi connectivity index (χ2v) is 11.4. The van der Waals surface area contributed by atoms with Crippen molar-refractivity contribution in [2.24, 2.45) is 11.3 Å². The van der Waals surface area contributed by atoms with Crippen LogP contribution in [0.3, 0.4) is 0 Å². The molecule has 0 spiro atoms. The molecule has 1 heterocycles. The lowest BCUT2D eigenvalue weighted by Crippen LogP contribution is -2.21. The third-order valence-electron chi connectivity index (χ3n) is 6.69. The summed E-state index contributed by atoms with van der Waals surface area (Å²) in [5, 5.41) is 3.28. The van der Waals surface area contributed by atoms with E-state index in [9.17, 15) is 4.79 Å². The van der Waals surface area contributed by atoms with Gasteiger partial charge in [-0.25, -0.2) is 0 Å². The highest BCUT2D eigenvalue weighted by Gasteiger charge is 2.34. The highest BCUT2D eigenvalue weighted by Crippen LogP contribution is 2.48. The summed E-state index contributed by atoms with van der Waals surface area (Å²) < 4.78 is 6.33. The lowest BCUT2D eigenvalue weighted by atomic mass is 9.83. The molecule has 1 unspecified atom stereocenters. The summed E-state index contributed by atoms with van der Waals surface area (Å²) in [5.74, 6) is 2.48. The van der Waals surface area contributed by atoms with Crippen LogP contribution in [0.15, 0.2) is 24.3 Å². The molecule has 0 aliphatic carbocycles. The van der Waals surface area contributed by atoms with Gasteiger partial charge in [-0.15, -0.1) is 0 Å². The molecule has 1 amide bonds. The maximum absolute atomic E-state index is 12.9. The molecule has 2 aromatic rings. The van der Waals surface area contributed by atoms with Crippen LogP contribution in [0.2, 0.25) is 0 Å². The quantitative estimate of drug-likeness (QED) is 0.509. The van der Waals surface area contributed by atoms with Crippen LogP contribution in [0.1, 0.15) is 100 Å². The number of carbonyl (C=O) groups is 1. The highest BCUT2D eigenvalue weighted by atomic mass is 16.5. The minimum Gasteiger partial charge on any atom is -0.492 e. The molecule has 3 rings (SSSR count). The van der Waals surface area contributed by atoms with Gasteiger partial charge in [-0.05, 0) is 53.4 Å². The lowest BCUT2D eigenvalue weighted by Gasteiger charge is -2.24. The number of anilines is 1. The molecular weight excluding hydrogens is 394 g/mol. The molecule has 3 nitrogen and oxygen atoms in total. The molecule has 0 bridgehead atoms. The van der Waals surface area contributed by atoms with Gasteiger partial charge < -0.3 is 10.1 Å². The summed E-state index contributed by atoms with van der Waals surface area (Å²) in [5.41, 5.74) is 8.33. The van der Waals surface area contributed by atoms with E-state index in [-0.39, 0.29) is 11.3 Å². The van der Waals surface area contributed by atoms with Gasteiger partial charge in [-0.2, -0.15) is 0 Å². The minimum atomic E-state index is -0.0484. The molecular formula is C29H41NO2. The number of benzene rings is 2. The van der Waals surface area contributed by atoms with Crippen molar-refractivity contribution in [3.8, 4) is 5.75 Å². The zero-order chi connectivity index (χ0) is 23.8. The Balaban J connectivity index is 2.07. The second kappa shape index (κ2) is 9.29. The van der Waals surface area contributed by atoms with Crippen molar-refractivity contribution in [3.05, 3.63) is 57.6 Å². The molecule has 0 saturated carbocycles. The summed E-state index contributed by atoms with van der Waals surface area (Å²) >= 11 is 0. The Labute approximate surface area is 195 Å². The molecule has 2 aromatic carbocycles. The average Bonchev–Trinajstić information content (AvgIpc) is 3.13. The van der Waals surface area contributed by atoms with Crippen molar-refractivity contribution in [1.29, 1.82) is 0 Å². The van der Waals surface area contributed by atoms with Gasteiger partial charge in [0.1, 0.15) is 5.75 Å². The summed E-state index contributed by atoms with van der Waals surface area (Å²) in [6.07, 6.45) is 1.30. The van der Waals surface area contributed by atoms with E-state index < -0.39 is 0 Å². The fraction of sp³-hybridized carbons (Fsp3) is 0.552. The number of ether oxygens (including phenoxy) is 1. The van der Waals surface area contributed by atoms with Crippen LogP contribution < -0.4 is 10.1 Å². The van der Waals surface area contributed by atoms with E-state index in [0.717, 1.165) is 29.0 Å². The van der Waals surface area contributed by atoms with Crippen LogP contribution in [-0.4, -0.2) is 12.5 Å². The Morgan fingerprint density at radius 1 is 1.06 bits per heavy atom. The number of carbonyl (C=O) groups excluding carboxylic acids is 1. The SMILES string of the molecule is Cc1c(Cc2ccc(C(C)C)cc2)c2c(c(C)c1NC(=O)CC(C)(C)C)C(C(C)C)CO2. The molecule has 0 fully saturated rings. The molecule has 0 aromatic heterocycles. The average molecular weight is 436 g/mol. The largest absolute Gasteiger partial charge is 0.492 e. The zero-order valence-corrected chi connectivity index (χ0v) is 21.5. The van der Waals surface area contributed by atoms with E-state index in [1.807, 2.05) is 0 Å². The van der Waals surface area contributed by atoms with Gasteiger partial charge >= 0.3 is 0 Å². The molecule has 0 radical (unpaired) electrons. The molecule has 1 atom stereocenters. The van der Waals surface area contributed by atoms with Crippen LogP contribution in [0.25, 0.3) is 0 Å². The Hall–Kier alpha value is -2.29. The first-order chi connectivity index (χ1) is 14.9. The smallest absolute Gasteiger partial charge is 0.224 e. The lowest BCUT2D eigenvalue weighted by molar-refractivity contribution is -0.117. The number of nitrogens with one attached hydrogen (secondary N) is 1. The van der Waals surface area contributed by atoms with Gasteiger partial charge in [0.2, 0.25) is 5.91 Å². The number of hydrogen-bond acceptors (Lipinski definition) is 2. The molecule has 32 heavy (non-hydrogen) atoms. The maximum Gasteiger partial charge on any atom is 0.224 e. The van der Waals surface area contributed by atoms with Crippen molar-refractivity contribution in [1.82, 2.24) is 0 Å². The van der Waals surface area contributed by atoms with Crippen molar-refractivity contribution >= 4 is 11.6 Å². The van der Waals surface area contributed by atoms with E-state index in [1.165, 1.54) is 22.3 Å². The molecule has 174 valence electrons. The number of rotatable bonds is 6. The van der Waals surface area contributed by atoms with E-state index in [4.69, 9.17) is 4.74 Å². The highest BCUT2D eigenvalue weighted by molar-refractivity contribution is 5.93. The Morgan fingerprint density at radius 3 is 2.22 bits per heavy atom. The van der Waals surface area contributed by atoms with Gasteiger partial charge in [0.25, 0.3) is 0 Å². The number of fused-ring (bicyclic) bond motifs is 1. The Morgan fingerprint density at radius 2 is 1.69 bits per heavy atom. The topological polar surface area (TPSA) is 38.3 Å². The summed E-state index contributed by atoms with van der Waals surface area (Å²) in [4.78, 5) is 12.9. The van der Waals surface area contributed by atoms with Gasteiger partial charge in [0.15, 0.2) is 0 Å². The second-order valence-electron chi connectivity index (χ2n) is 11.4. The predicted molar refractivity (Wildman–Crippen MR) is 135 cm³/mol. The van der Waals surface area contributed by atoms with Crippen molar-refractivity contribution in [2.45, 2.75) is 87.0 Å². The molecule has 1 aliphatic heterocycles. The van der Waals surface area contributed by atoms with Crippen LogP contribution in [0, 0.1) is 25.2 Å². The number of hydrogen-bond donors (Lipinski definition) is 1. The monoisotopic (exact) mass is 435 g/mol. The van der Waals surface area contributed by atoms with E-state index in [2.05, 4.69) is 91.9 Å². The number of amides is 1. The molecule has 1 N–H and O–H groups in total. The minimum absolute atomic E-state index is 0.0484. The Kier molecular flexibility index (Phi) is 7.07. The first-order valence-corrected chi connectivity index (χ1v) is 12.1. The molecule has 1 aliphatic rings. The molecule has 0 saturated heterocycles. The molecule has 3 heteroatoms. The van der Waals surface area contributed by atoms with Gasteiger partial charge in [0.05, 0.1) is 6.61 Å². The third kappa shape index (κ3) is 5.19. The van der Waals surface area contributed by atoms with Gasteiger partial charge in [-0.1, -0.05) is 72.7 Å². The summed E-state index contributed by atoms with van der Waals surface area (Å²) in [7, 11) is 0. The standard InChI is InChI=1S/C29H41NO2/c1-17(2)22-12-10-21(11-13-22)14-23-19(5)27(30-25(31)15-29(7,8)9)20(6)26-24(18(3)4)16-32-28(23)26/h10-13,17-18,24H,14-16H2,1-9H3,(H,30,31). The van der Waals surface area contributed by atoms with Crippen LogP contribution in [0.4, 0.5) is 5.69 Å². The summed E-state index contributed by atoms with van der Waals surface area (Å²) in [6.45, 7) is 20.2. The van der Waals surface area contributed by atoms with E-state index in [0.29, 0.717) is 30.8 Å². The first-order valence-electron chi connectivity index (χ1n) is 12.1. The van der Waals surface area contributed by atoms with Crippen LogP contribution in [-0.2, 0) is 11.2 Å². The van der Waals surface area contributed by atoms with Crippen LogP contribution >= 0.6 is 0 Å².